The van der Waals surface area contributed by atoms with Crippen LogP contribution in [0.15, 0.2) is 24.3 Å². The minimum absolute atomic E-state index is 0.0523. The Labute approximate surface area is 119 Å². The molecule has 0 heterocycles. The van der Waals surface area contributed by atoms with Gasteiger partial charge in [0.1, 0.15) is 0 Å². The fourth-order valence-corrected chi connectivity index (χ4v) is 1.88. The maximum atomic E-state index is 11.7. The van der Waals surface area contributed by atoms with E-state index in [9.17, 15) is 9.59 Å². The topological polar surface area (TPSA) is 69.6 Å². The van der Waals surface area contributed by atoms with Crippen LogP contribution in [0.3, 0.4) is 0 Å². The van der Waals surface area contributed by atoms with Crippen molar-refractivity contribution in [3.8, 4) is 0 Å². The molecule has 1 unspecified atom stereocenters. The van der Waals surface area contributed by atoms with Crippen molar-refractivity contribution >= 4 is 17.6 Å². The van der Waals surface area contributed by atoms with Crippen molar-refractivity contribution in [2.24, 2.45) is 0 Å². The van der Waals surface area contributed by atoms with Gasteiger partial charge in [0, 0.05) is 32.2 Å². The molecule has 1 aromatic rings. The summed E-state index contributed by atoms with van der Waals surface area (Å²) >= 11 is 0. The molecule has 0 spiro atoms. The Kier molecular flexibility index (Phi) is 6.03. The highest BCUT2D eigenvalue weighted by molar-refractivity contribution is 5.77. The van der Waals surface area contributed by atoms with Gasteiger partial charge in [-0.1, -0.05) is 12.1 Å². The van der Waals surface area contributed by atoms with E-state index < -0.39 is 5.97 Å². The molecule has 0 aliphatic rings. The highest BCUT2D eigenvalue weighted by Crippen LogP contribution is 2.13. The summed E-state index contributed by atoms with van der Waals surface area (Å²) < 4.78 is 0. The van der Waals surface area contributed by atoms with Crippen molar-refractivity contribution in [2.75, 3.05) is 19.0 Å². The standard InChI is InChI=1S/C15H22N2O3/c1-11(10-15(19)20)16-14(18)9-6-12-4-7-13(8-5-12)17(2)3/h4-5,7-8,11H,6,9-10H2,1-3H3,(H,16,18)(H,19,20). The fraction of sp³-hybridized carbons (Fsp3) is 0.467. The number of aliphatic carboxylic acids is 1. The Morgan fingerprint density at radius 2 is 1.85 bits per heavy atom. The lowest BCUT2D eigenvalue weighted by atomic mass is 10.1. The van der Waals surface area contributed by atoms with Crippen LogP contribution in [0.5, 0.6) is 0 Å². The molecular weight excluding hydrogens is 256 g/mol. The highest BCUT2D eigenvalue weighted by atomic mass is 16.4. The summed E-state index contributed by atoms with van der Waals surface area (Å²) in [6.45, 7) is 1.69. The molecule has 5 nitrogen and oxygen atoms in total. The molecule has 0 saturated heterocycles. The van der Waals surface area contributed by atoms with Crippen LogP contribution in [0, 0.1) is 0 Å². The monoisotopic (exact) mass is 278 g/mol. The lowest BCUT2D eigenvalue weighted by molar-refractivity contribution is -0.137. The predicted molar refractivity (Wildman–Crippen MR) is 78.9 cm³/mol. The van der Waals surface area contributed by atoms with Crippen LogP contribution in [0.25, 0.3) is 0 Å². The molecule has 0 bridgehead atoms. The van der Waals surface area contributed by atoms with Gasteiger partial charge in [0.25, 0.3) is 0 Å². The average molecular weight is 278 g/mol. The Morgan fingerprint density at radius 3 is 2.35 bits per heavy atom. The molecule has 2 N–H and O–H groups in total. The quantitative estimate of drug-likeness (QED) is 0.796. The SMILES string of the molecule is CC(CC(=O)O)NC(=O)CCc1ccc(N(C)C)cc1. The normalized spacial score (nSPS) is 11.8. The number of rotatable bonds is 7. The molecule has 110 valence electrons. The molecule has 0 aliphatic heterocycles. The Bertz CT molecular complexity index is 455. The molecular formula is C15H22N2O3. The molecule has 1 atom stereocenters. The number of anilines is 1. The maximum Gasteiger partial charge on any atom is 0.305 e. The Hall–Kier alpha value is -2.04. The number of hydrogen-bond donors (Lipinski definition) is 2. The number of amides is 1. The summed E-state index contributed by atoms with van der Waals surface area (Å²) in [6.07, 6.45) is 0.966. The Morgan fingerprint density at radius 1 is 1.25 bits per heavy atom. The summed E-state index contributed by atoms with van der Waals surface area (Å²) in [5.41, 5.74) is 2.21. The van der Waals surface area contributed by atoms with E-state index in [1.807, 2.05) is 43.3 Å². The number of carbonyl (C=O) groups excluding carboxylic acids is 1. The smallest absolute Gasteiger partial charge is 0.305 e. The van der Waals surface area contributed by atoms with Crippen LogP contribution in [0.2, 0.25) is 0 Å². The molecule has 0 fully saturated rings. The van der Waals surface area contributed by atoms with Crippen LogP contribution < -0.4 is 10.2 Å². The lowest BCUT2D eigenvalue weighted by Crippen LogP contribution is -2.34. The molecule has 1 aromatic carbocycles. The van der Waals surface area contributed by atoms with Gasteiger partial charge in [-0.3, -0.25) is 9.59 Å². The van der Waals surface area contributed by atoms with Gasteiger partial charge in [-0.2, -0.15) is 0 Å². The maximum absolute atomic E-state index is 11.7. The van der Waals surface area contributed by atoms with E-state index in [0.717, 1.165) is 11.3 Å². The molecule has 0 radical (unpaired) electrons. The Balaban J connectivity index is 2.39. The molecule has 0 aromatic heterocycles. The van der Waals surface area contributed by atoms with E-state index in [0.29, 0.717) is 12.8 Å². The second kappa shape index (κ2) is 7.53. The van der Waals surface area contributed by atoms with E-state index in [4.69, 9.17) is 5.11 Å². The fourth-order valence-electron chi connectivity index (χ4n) is 1.88. The first kappa shape index (κ1) is 16.0. The van der Waals surface area contributed by atoms with Gasteiger partial charge in [0.05, 0.1) is 6.42 Å². The van der Waals surface area contributed by atoms with Crippen LogP contribution in [0.1, 0.15) is 25.3 Å². The first-order valence-corrected chi connectivity index (χ1v) is 6.66. The first-order valence-electron chi connectivity index (χ1n) is 6.66. The van der Waals surface area contributed by atoms with Gasteiger partial charge in [0.15, 0.2) is 0 Å². The molecule has 0 saturated carbocycles. The summed E-state index contributed by atoms with van der Waals surface area (Å²) in [6, 6.07) is 7.70. The van der Waals surface area contributed by atoms with Gasteiger partial charge in [-0.05, 0) is 31.0 Å². The van der Waals surface area contributed by atoms with E-state index in [1.54, 1.807) is 6.92 Å². The zero-order valence-corrected chi connectivity index (χ0v) is 12.2. The number of carbonyl (C=O) groups is 2. The molecule has 5 heteroatoms. The average Bonchev–Trinajstić information content (AvgIpc) is 2.35. The van der Waals surface area contributed by atoms with E-state index in [-0.39, 0.29) is 18.4 Å². The highest BCUT2D eigenvalue weighted by Gasteiger charge is 2.10. The van der Waals surface area contributed by atoms with E-state index in [2.05, 4.69) is 5.32 Å². The van der Waals surface area contributed by atoms with Crippen molar-refractivity contribution in [2.45, 2.75) is 32.2 Å². The summed E-state index contributed by atoms with van der Waals surface area (Å²) in [7, 11) is 3.96. The summed E-state index contributed by atoms with van der Waals surface area (Å²) in [5, 5.41) is 11.3. The van der Waals surface area contributed by atoms with Crippen LogP contribution >= 0.6 is 0 Å². The van der Waals surface area contributed by atoms with Crippen molar-refractivity contribution in [3.05, 3.63) is 29.8 Å². The van der Waals surface area contributed by atoms with Crippen LogP contribution in [0.4, 0.5) is 5.69 Å². The predicted octanol–water partition coefficient (Wildman–Crippen LogP) is 1.66. The first-order chi connectivity index (χ1) is 9.38. The number of carboxylic acid groups (broad SMARTS) is 1. The third-order valence-electron chi connectivity index (χ3n) is 2.98. The minimum Gasteiger partial charge on any atom is -0.481 e. The number of hydrogen-bond acceptors (Lipinski definition) is 3. The van der Waals surface area contributed by atoms with Gasteiger partial charge < -0.3 is 15.3 Å². The van der Waals surface area contributed by atoms with Crippen molar-refractivity contribution in [1.82, 2.24) is 5.32 Å². The zero-order chi connectivity index (χ0) is 15.1. The molecule has 20 heavy (non-hydrogen) atoms. The number of benzene rings is 1. The largest absolute Gasteiger partial charge is 0.481 e. The molecule has 1 rings (SSSR count). The van der Waals surface area contributed by atoms with Gasteiger partial charge in [0.2, 0.25) is 5.91 Å². The number of carboxylic acids is 1. The van der Waals surface area contributed by atoms with Crippen molar-refractivity contribution in [1.29, 1.82) is 0 Å². The van der Waals surface area contributed by atoms with Crippen molar-refractivity contribution < 1.29 is 14.7 Å². The van der Waals surface area contributed by atoms with Gasteiger partial charge in [-0.15, -0.1) is 0 Å². The number of nitrogens with zero attached hydrogens (tertiary/aromatic N) is 1. The second-order valence-electron chi connectivity index (χ2n) is 5.13. The van der Waals surface area contributed by atoms with E-state index >= 15 is 0 Å². The molecule has 0 aliphatic carbocycles. The van der Waals surface area contributed by atoms with Crippen molar-refractivity contribution in [3.63, 3.8) is 0 Å². The van der Waals surface area contributed by atoms with Gasteiger partial charge in [-0.25, -0.2) is 0 Å². The summed E-state index contributed by atoms with van der Waals surface area (Å²) in [4.78, 5) is 24.2. The zero-order valence-electron chi connectivity index (χ0n) is 12.2. The third-order valence-corrected chi connectivity index (χ3v) is 2.98. The van der Waals surface area contributed by atoms with Crippen LogP contribution in [-0.4, -0.2) is 37.1 Å². The van der Waals surface area contributed by atoms with Crippen LogP contribution in [-0.2, 0) is 16.0 Å². The van der Waals surface area contributed by atoms with Gasteiger partial charge >= 0.3 is 5.97 Å². The minimum atomic E-state index is -0.905. The molecule has 1 amide bonds. The van der Waals surface area contributed by atoms with E-state index in [1.165, 1.54) is 0 Å². The lowest BCUT2D eigenvalue weighted by Gasteiger charge is -2.13. The number of nitrogens with one attached hydrogen (secondary N) is 1. The second-order valence-corrected chi connectivity index (χ2v) is 5.13. The number of aryl methyl sites for hydroxylation is 1. The summed E-state index contributed by atoms with van der Waals surface area (Å²) in [5.74, 6) is -1.02. The third kappa shape index (κ3) is 5.73.